The van der Waals surface area contributed by atoms with Gasteiger partial charge in [-0.1, -0.05) is 42.5 Å². The second kappa shape index (κ2) is 10.1. The number of aryl methyl sites for hydroxylation is 1. The minimum atomic E-state index is -0.557. The van der Waals surface area contributed by atoms with Crippen LogP contribution in [0.4, 0.5) is 0 Å². The minimum Gasteiger partial charge on any atom is -0.493 e. The lowest BCUT2D eigenvalue weighted by atomic mass is 9.61. The van der Waals surface area contributed by atoms with Gasteiger partial charge in [-0.05, 0) is 86.9 Å². The molecule has 1 N–H and O–H groups in total. The number of ether oxygens (including phenoxy) is 2. The molecule has 4 nitrogen and oxygen atoms in total. The zero-order valence-electron chi connectivity index (χ0n) is 19.7. The van der Waals surface area contributed by atoms with Gasteiger partial charge in [0.2, 0.25) is 0 Å². The van der Waals surface area contributed by atoms with Gasteiger partial charge in [0, 0.05) is 12.5 Å². The molecule has 0 aromatic heterocycles. The molecule has 4 heteroatoms. The Hall–Kier alpha value is -2.30. The number of aliphatic hydroxyl groups is 1. The monoisotopic (exact) mass is 435 g/mol. The van der Waals surface area contributed by atoms with Crippen molar-refractivity contribution in [3.8, 4) is 11.5 Å². The fourth-order valence-electron chi connectivity index (χ4n) is 5.52. The summed E-state index contributed by atoms with van der Waals surface area (Å²) in [5.41, 5.74) is 3.49. The van der Waals surface area contributed by atoms with Crippen molar-refractivity contribution in [2.45, 2.75) is 44.1 Å². The lowest BCUT2D eigenvalue weighted by molar-refractivity contribution is -0.0574. The number of rotatable bonds is 10. The van der Waals surface area contributed by atoms with Crippen molar-refractivity contribution in [1.29, 1.82) is 0 Å². The van der Waals surface area contributed by atoms with Crippen molar-refractivity contribution in [2.75, 3.05) is 34.4 Å². The lowest BCUT2D eigenvalue weighted by Gasteiger charge is -2.48. The van der Waals surface area contributed by atoms with Gasteiger partial charge in [-0.3, -0.25) is 0 Å². The van der Waals surface area contributed by atoms with Crippen LogP contribution in [-0.2, 0) is 6.42 Å². The first kappa shape index (κ1) is 22.9. The van der Waals surface area contributed by atoms with Gasteiger partial charge in [0.1, 0.15) is 0 Å². The maximum absolute atomic E-state index is 11.5. The van der Waals surface area contributed by atoms with E-state index in [0.29, 0.717) is 5.92 Å². The van der Waals surface area contributed by atoms with Gasteiger partial charge in [0.05, 0.1) is 19.8 Å². The summed E-state index contributed by atoms with van der Waals surface area (Å²) in [6.07, 6.45) is 8.52. The van der Waals surface area contributed by atoms with E-state index in [1.807, 2.05) is 6.07 Å². The van der Waals surface area contributed by atoms with Crippen LogP contribution in [0.3, 0.4) is 0 Å². The van der Waals surface area contributed by atoms with Crippen LogP contribution in [0.1, 0.15) is 43.2 Å². The summed E-state index contributed by atoms with van der Waals surface area (Å²) in [7, 11) is 5.51. The summed E-state index contributed by atoms with van der Waals surface area (Å²) in [5, 5.41) is 11.5. The molecule has 0 radical (unpaired) electrons. The van der Waals surface area contributed by atoms with Gasteiger partial charge in [0.15, 0.2) is 11.5 Å². The standard InChI is InChI=1S/C28H37NO3/c1-29(16-7-8-21-11-14-26(31-2)27(18-21)32-3)17-15-28(30)20-23-12-13-24(28)19-25(23)22-9-5-4-6-10-22/h4-6,9-11,14,18-19,23-24,30H,7-8,12-13,15-17,20H2,1-3H3. The van der Waals surface area contributed by atoms with Crippen molar-refractivity contribution < 1.29 is 14.6 Å². The summed E-state index contributed by atoms with van der Waals surface area (Å²) >= 11 is 0. The SMILES string of the molecule is COc1ccc(CCCN(C)CCC2(O)CC3CCC2C=C3c2ccccc2)cc1OC. The molecule has 1 saturated carbocycles. The molecule has 0 spiro atoms. The molecule has 2 bridgehead atoms. The third-order valence-corrected chi connectivity index (χ3v) is 7.42. The smallest absolute Gasteiger partial charge is 0.160 e. The maximum atomic E-state index is 11.5. The third-order valence-electron chi connectivity index (χ3n) is 7.42. The molecule has 3 aliphatic rings. The van der Waals surface area contributed by atoms with Crippen LogP contribution in [0.5, 0.6) is 11.5 Å². The van der Waals surface area contributed by atoms with Crippen LogP contribution in [0, 0.1) is 11.8 Å². The summed E-state index contributed by atoms with van der Waals surface area (Å²) in [4.78, 5) is 2.36. The van der Waals surface area contributed by atoms with E-state index < -0.39 is 5.60 Å². The molecule has 3 atom stereocenters. The van der Waals surface area contributed by atoms with Gasteiger partial charge in [-0.2, -0.15) is 0 Å². The molecule has 2 aromatic rings. The first-order chi connectivity index (χ1) is 15.5. The zero-order chi connectivity index (χ0) is 22.6. The van der Waals surface area contributed by atoms with Crippen LogP contribution in [-0.4, -0.2) is 50.0 Å². The van der Waals surface area contributed by atoms with E-state index in [1.54, 1.807) is 14.2 Å². The summed E-state index contributed by atoms with van der Waals surface area (Å²) in [6, 6.07) is 16.9. The fourth-order valence-corrected chi connectivity index (χ4v) is 5.52. The highest BCUT2D eigenvalue weighted by Crippen LogP contribution is 2.51. The Balaban J connectivity index is 1.27. The molecule has 3 unspecified atom stereocenters. The number of nitrogens with zero attached hydrogens (tertiary/aromatic N) is 1. The summed E-state index contributed by atoms with van der Waals surface area (Å²) < 4.78 is 10.7. The molecular formula is C28H37NO3. The van der Waals surface area contributed by atoms with Gasteiger partial charge >= 0.3 is 0 Å². The van der Waals surface area contributed by atoms with E-state index in [9.17, 15) is 5.11 Å². The van der Waals surface area contributed by atoms with E-state index in [1.165, 1.54) is 23.1 Å². The van der Waals surface area contributed by atoms with Crippen LogP contribution >= 0.6 is 0 Å². The highest BCUT2D eigenvalue weighted by atomic mass is 16.5. The van der Waals surface area contributed by atoms with Crippen LogP contribution < -0.4 is 9.47 Å². The fraction of sp³-hybridized carbons (Fsp3) is 0.500. The molecule has 5 rings (SSSR count). The zero-order valence-corrected chi connectivity index (χ0v) is 19.7. The van der Waals surface area contributed by atoms with E-state index in [-0.39, 0.29) is 5.92 Å². The molecule has 3 aliphatic carbocycles. The number of hydrogen-bond acceptors (Lipinski definition) is 4. The van der Waals surface area contributed by atoms with Gasteiger partial charge < -0.3 is 19.5 Å². The topological polar surface area (TPSA) is 41.9 Å². The molecule has 0 aliphatic heterocycles. The van der Waals surface area contributed by atoms with Crippen molar-refractivity contribution in [1.82, 2.24) is 4.90 Å². The molecule has 2 aromatic carbocycles. The quantitative estimate of drug-likeness (QED) is 0.557. The van der Waals surface area contributed by atoms with E-state index in [4.69, 9.17) is 9.47 Å². The van der Waals surface area contributed by atoms with Gasteiger partial charge in [0.25, 0.3) is 0 Å². The number of benzene rings is 2. The molecule has 0 saturated heterocycles. The van der Waals surface area contributed by atoms with Crippen molar-refractivity contribution in [2.24, 2.45) is 11.8 Å². The number of methoxy groups -OCH3 is 2. The highest BCUT2D eigenvalue weighted by molar-refractivity contribution is 5.69. The average molecular weight is 436 g/mol. The second-order valence-corrected chi connectivity index (χ2v) is 9.52. The largest absolute Gasteiger partial charge is 0.493 e. The van der Waals surface area contributed by atoms with Gasteiger partial charge in [-0.15, -0.1) is 0 Å². The summed E-state index contributed by atoms with van der Waals surface area (Å²) in [6.45, 7) is 1.95. The van der Waals surface area contributed by atoms with Crippen molar-refractivity contribution in [3.05, 3.63) is 65.7 Å². The molecule has 0 heterocycles. The third kappa shape index (κ3) is 5.02. The number of fused-ring (bicyclic) bond motifs is 2. The van der Waals surface area contributed by atoms with E-state index in [0.717, 1.165) is 56.7 Å². The first-order valence-corrected chi connectivity index (χ1v) is 11.9. The van der Waals surface area contributed by atoms with E-state index in [2.05, 4.69) is 60.5 Å². The average Bonchev–Trinajstić information content (AvgIpc) is 2.83. The lowest BCUT2D eigenvalue weighted by Crippen LogP contribution is -2.48. The van der Waals surface area contributed by atoms with Crippen molar-refractivity contribution >= 4 is 5.57 Å². The Labute approximate surface area is 192 Å². The molecule has 1 fully saturated rings. The predicted molar refractivity (Wildman–Crippen MR) is 130 cm³/mol. The molecular weight excluding hydrogens is 398 g/mol. The first-order valence-electron chi connectivity index (χ1n) is 11.9. The molecule has 172 valence electrons. The molecule has 0 amide bonds. The Morgan fingerprint density at radius 2 is 1.78 bits per heavy atom. The van der Waals surface area contributed by atoms with Crippen LogP contribution in [0.15, 0.2) is 54.6 Å². The second-order valence-electron chi connectivity index (χ2n) is 9.52. The Morgan fingerprint density at radius 3 is 2.47 bits per heavy atom. The number of allylic oxidation sites excluding steroid dienone is 1. The Morgan fingerprint density at radius 1 is 1.00 bits per heavy atom. The normalized spacial score (nSPS) is 24.5. The molecule has 32 heavy (non-hydrogen) atoms. The maximum Gasteiger partial charge on any atom is 0.160 e. The van der Waals surface area contributed by atoms with E-state index >= 15 is 0 Å². The predicted octanol–water partition coefficient (Wildman–Crippen LogP) is 5.20. The van der Waals surface area contributed by atoms with Gasteiger partial charge in [-0.25, -0.2) is 0 Å². The summed E-state index contributed by atoms with van der Waals surface area (Å²) in [5.74, 6) is 2.33. The van der Waals surface area contributed by atoms with Crippen molar-refractivity contribution in [3.63, 3.8) is 0 Å². The van der Waals surface area contributed by atoms with Crippen LogP contribution in [0.2, 0.25) is 0 Å². The minimum absolute atomic E-state index is 0.280. The van der Waals surface area contributed by atoms with Crippen LogP contribution in [0.25, 0.3) is 5.57 Å². The Kier molecular flexibility index (Phi) is 7.22. The number of hydrogen-bond donors (Lipinski definition) is 1. The Bertz CT molecular complexity index is 926. The highest BCUT2D eigenvalue weighted by Gasteiger charge is 2.46.